The number of aryl methyl sites for hydroxylation is 3. The summed E-state index contributed by atoms with van der Waals surface area (Å²) in [5, 5.41) is 7.70. The molecule has 62 heavy (non-hydrogen) atoms. The van der Waals surface area contributed by atoms with E-state index in [1.54, 1.807) is 6.92 Å². The van der Waals surface area contributed by atoms with Gasteiger partial charge in [0.05, 0.1) is 20.3 Å². The monoisotopic (exact) mass is 867 g/mol. The number of ether oxygens (including phenoxy) is 3. The van der Waals surface area contributed by atoms with Crippen molar-refractivity contribution in [2.75, 3.05) is 20.3 Å². The van der Waals surface area contributed by atoms with Crippen LogP contribution in [0, 0.1) is 20.8 Å². The van der Waals surface area contributed by atoms with Gasteiger partial charge in [0.2, 0.25) is 11.8 Å². The molecule has 0 radical (unpaired) electrons. The van der Waals surface area contributed by atoms with Gasteiger partial charge in [-0.1, -0.05) is 211 Å². The van der Waals surface area contributed by atoms with E-state index < -0.39 is 0 Å². The summed E-state index contributed by atoms with van der Waals surface area (Å²) in [6.45, 7) is 20.0. The molecule has 0 unspecified atom stereocenters. The number of hydrogen-bond donors (Lipinski definition) is 0. The predicted octanol–water partition coefficient (Wildman–Crippen LogP) is 16.7. The average molecular weight is 867 g/mol. The first-order valence-electron chi connectivity index (χ1n) is 24.8. The van der Waals surface area contributed by atoms with Crippen LogP contribution in [0.15, 0.2) is 52.9 Å². The van der Waals surface area contributed by atoms with Gasteiger partial charge in [0, 0.05) is 25.8 Å². The van der Waals surface area contributed by atoms with E-state index in [4.69, 9.17) is 13.9 Å². The molecule has 356 valence electrons. The minimum atomic E-state index is -0.163. The van der Waals surface area contributed by atoms with Crippen LogP contribution in [0.4, 0.5) is 0 Å². The fourth-order valence-corrected chi connectivity index (χ4v) is 6.10. The fraction of sp³-hybridized carbons (Fsp3) is 0.704. The SMILES string of the molecule is CCCCCCCCC.CCCCCCCCC(=O)OC.CCCCCCCCOC(C)=O.CCCCCCCCOc1ccc(C)cc1.Cc1ccc(-c2nnc(C)o2)cc1. The van der Waals surface area contributed by atoms with Crippen LogP contribution in [0.1, 0.15) is 226 Å². The van der Waals surface area contributed by atoms with Gasteiger partial charge >= 0.3 is 11.9 Å². The zero-order valence-electron chi connectivity index (χ0n) is 41.8. The number of unbranched alkanes of at least 4 members (excludes halogenated alkanes) is 21. The number of nitrogens with zero attached hydrogens (tertiary/aromatic N) is 2. The number of esters is 2. The van der Waals surface area contributed by atoms with E-state index >= 15 is 0 Å². The zero-order chi connectivity index (χ0) is 46.3. The number of rotatable bonds is 29. The molecule has 0 bridgehead atoms. The van der Waals surface area contributed by atoms with Gasteiger partial charge in [-0.3, -0.25) is 9.59 Å². The molecule has 0 saturated heterocycles. The first kappa shape index (κ1) is 60.4. The van der Waals surface area contributed by atoms with Crippen molar-refractivity contribution in [3.05, 3.63) is 65.5 Å². The van der Waals surface area contributed by atoms with Crippen molar-refractivity contribution in [1.29, 1.82) is 0 Å². The molecule has 1 heterocycles. The summed E-state index contributed by atoms with van der Waals surface area (Å²) in [7, 11) is 1.44. The molecule has 0 aliphatic rings. The summed E-state index contributed by atoms with van der Waals surface area (Å²) in [6.07, 6.45) is 33.2. The van der Waals surface area contributed by atoms with E-state index in [-0.39, 0.29) is 11.9 Å². The molecule has 0 saturated carbocycles. The molecule has 1 aromatic heterocycles. The number of methoxy groups -OCH3 is 1. The molecular formula is C54H94N2O6. The predicted molar refractivity (Wildman–Crippen MR) is 263 cm³/mol. The Morgan fingerprint density at radius 1 is 0.500 bits per heavy atom. The molecule has 2 aromatic carbocycles. The number of benzene rings is 2. The third-order valence-electron chi connectivity index (χ3n) is 10.1. The van der Waals surface area contributed by atoms with Crippen LogP contribution in [0.3, 0.4) is 0 Å². The van der Waals surface area contributed by atoms with E-state index in [1.807, 2.05) is 43.3 Å². The molecule has 0 N–H and O–H groups in total. The minimum Gasteiger partial charge on any atom is -0.494 e. The normalized spacial score (nSPS) is 10.1. The second kappa shape index (κ2) is 46.8. The van der Waals surface area contributed by atoms with Gasteiger partial charge in [-0.25, -0.2) is 0 Å². The lowest BCUT2D eigenvalue weighted by atomic mass is 10.1. The van der Waals surface area contributed by atoms with Crippen molar-refractivity contribution in [2.24, 2.45) is 0 Å². The van der Waals surface area contributed by atoms with E-state index in [9.17, 15) is 9.59 Å². The van der Waals surface area contributed by atoms with Crippen LogP contribution < -0.4 is 4.74 Å². The minimum absolute atomic E-state index is 0.0782. The highest BCUT2D eigenvalue weighted by Gasteiger charge is 2.04. The summed E-state index contributed by atoms with van der Waals surface area (Å²) >= 11 is 0. The van der Waals surface area contributed by atoms with Crippen LogP contribution in [-0.4, -0.2) is 42.5 Å². The topological polar surface area (TPSA) is 101 Å². The summed E-state index contributed by atoms with van der Waals surface area (Å²) < 4.78 is 20.3. The molecule has 0 atom stereocenters. The van der Waals surface area contributed by atoms with Gasteiger partial charge in [-0.2, -0.15) is 0 Å². The first-order chi connectivity index (χ1) is 30.1. The van der Waals surface area contributed by atoms with Gasteiger partial charge < -0.3 is 18.6 Å². The Morgan fingerprint density at radius 3 is 1.27 bits per heavy atom. The quantitative estimate of drug-likeness (QED) is 0.0502. The summed E-state index contributed by atoms with van der Waals surface area (Å²) in [6, 6.07) is 16.3. The molecule has 0 aliphatic heterocycles. The Morgan fingerprint density at radius 2 is 0.887 bits per heavy atom. The maximum atomic E-state index is 10.7. The Kier molecular flexibility index (Phi) is 45.6. The maximum absolute atomic E-state index is 10.7. The Bertz CT molecular complexity index is 1370. The van der Waals surface area contributed by atoms with Crippen LogP contribution in [0.25, 0.3) is 11.5 Å². The largest absolute Gasteiger partial charge is 0.494 e. The summed E-state index contributed by atoms with van der Waals surface area (Å²) in [5.41, 5.74) is 3.47. The highest BCUT2D eigenvalue weighted by atomic mass is 16.5. The fourth-order valence-electron chi connectivity index (χ4n) is 6.10. The number of carbonyl (C=O) groups is 2. The lowest BCUT2D eigenvalue weighted by molar-refractivity contribution is -0.141. The Labute approximate surface area is 381 Å². The van der Waals surface area contributed by atoms with E-state index in [1.165, 1.54) is 166 Å². The second-order valence-electron chi connectivity index (χ2n) is 16.4. The molecule has 3 aromatic rings. The lowest BCUT2D eigenvalue weighted by Gasteiger charge is -2.06. The van der Waals surface area contributed by atoms with E-state index in [0.717, 1.165) is 37.2 Å². The van der Waals surface area contributed by atoms with Crippen LogP contribution in [0.5, 0.6) is 5.75 Å². The highest BCUT2D eigenvalue weighted by molar-refractivity contribution is 5.69. The Balaban J connectivity index is 0. The van der Waals surface area contributed by atoms with Gasteiger partial charge in [-0.05, 0) is 57.4 Å². The maximum Gasteiger partial charge on any atom is 0.305 e. The van der Waals surface area contributed by atoms with E-state index in [2.05, 4.69) is 68.6 Å². The molecule has 0 amide bonds. The van der Waals surface area contributed by atoms with Crippen molar-refractivity contribution >= 4 is 11.9 Å². The zero-order valence-corrected chi connectivity index (χ0v) is 41.8. The number of aromatic nitrogens is 2. The van der Waals surface area contributed by atoms with Gasteiger partial charge in [-0.15, -0.1) is 10.2 Å². The second-order valence-corrected chi connectivity index (χ2v) is 16.4. The Hall–Kier alpha value is -3.68. The molecule has 3 rings (SSSR count). The molecule has 8 heteroatoms. The smallest absolute Gasteiger partial charge is 0.305 e. The van der Waals surface area contributed by atoms with Crippen molar-refractivity contribution in [1.82, 2.24) is 10.2 Å². The average Bonchev–Trinajstić information content (AvgIpc) is 3.71. The number of carbonyl (C=O) groups excluding carboxylic acids is 2. The molecule has 0 aliphatic carbocycles. The van der Waals surface area contributed by atoms with E-state index in [0.29, 0.717) is 24.8 Å². The van der Waals surface area contributed by atoms with Gasteiger partial charge in [0.1, 0.15) is 5.75 Å². The third kappa shape index (κ3) is 43.0. The third-order valence-corrected chi connectivity index (χ3v) is 10.1. The summed E-state index contributed by atoms with van der Waals surface area (Å²) in [5.74, 6) is 1.93. The molecule has 0 spiro atoms. The van der Waals surface area contributed by atoms with Crippen molar-refractivity contribution < 1.29 is 28.2 Å². The van der Waals surface area contributed by atoms with Crippen molar-refractivity contribution in [2.45, 2.75) is 229 Å². The van der Waals surface area contributed by atoms with Gasteiger partial charge in [0.15, 0.2) is 0 Å². The van der Waals surface area contributed by atoms with Crippen LogP contribution in [0.2, 0.25) is 0 Å². The van der Waals surface area contributed by atoms with Crippen molar-refractivity contribution in [3.63, 3.8) is 0 Å². The molecule has 0 fully saturated rings. The van der Waals surface area contributed by atoms with Crippen LogP contribution >= 0.6 is 0 Å². The summed E-state index contributed by atoms with van der Waals surface area (Å²) in [4.78, 5) is 21.0. The first-order valence-corrected chi connectivity index (χ1v) is 24.8. The molecule has 8 nitrogen and oxygen atoms in total. The number of hydrogen-bond acceptors (Lipinski definition) is 8. The lowest BCUT2D eigenvalue weighted by Crippen LogP contribution is -1.99. The molecular weight excluding hydrogens is 773 g/mol. The van der Waals surface area contributed by atoms with Crippen LogP contribution in [-0.2, 0) is 19.1 Å². The van der Waals surface area contributed by atoms with Crippen molar-refractivity contribution in [3.8, 4) is 17.2 Å². The highest BCUT2D eigenvalue weighted by Crippen LogP contribution is 2.18. The van der Waals surface area contributed by atoms with Gasteiger partial charge in [0.25, 0.3) is 0 Å². The standard InChI is InChI=1S/C15H24O.C10H10N2O.2C10H20O2.C9H20/c1-3-4-5-6-7-8-13-16-15-11-9-14(2)10-12-15;1-7-3-5-9(6-4-7)10-12-11-8(2)13-10;1-3-4-5-6-7-8-9-10(11)12-2;1-3-4-5-6-7-8-9-12-10(2)11;1-3-5-7-9-8-6-4-2/h9-12H,3-8,13H2,1-2H3;3-6H,1-2H3;2*3-9H2,1-2H3;3-9H2,1-2H3.